The minimum Gasteiger partial charge on any atom is -0.493 e. The number of ketones is 1. The number of rotatable bonds is 4. The van der Waals surface area contributed by atoms with Gasteiger partial charge in [0.15, 0.2) is 5.78 Å². The first kappa shape index (κ1) is 12.2. The van der Waals surface area contributed by atoms with Gasteiger partial charge < -0.3 is 4.74 Å². The van der Waals surface area contributed by atoms with Crippen molar-refractivity contribution in [2.75, 3.05) is 6.61 Å². The molecule has 0 heterocycles. The summed E-state index contributed by atoms with van der Waals surface area (Å²) in [5.41, 5.74) is 0.654. The molecule has 1 aromatic carbocycles. The van der Waals surface area contributed by atoms with E-state index in [0.717, 1.165) is 4.47 Å². The molecule has 0 radical (unpaired) electrons. The number of carbonyl (C=O) groups is 1. The maximum absolute atomic E-state index is 11.9. The van der Waals surface area contributed by atoms with Crippen molar-refractivity contribution >= 4 is 21.7 Å². The lowest BCUT2D eigenvalue weighted by Gasteiger charge is -2.11. The lowest BCUT2D eigenvalue weighted by Crippen LogP contribution is -2.10. The number of carbonyl (C=O) groups excluding carboxylic acids is 1. The van der Waals surface area contributed by atoms with Crippen LogP contribution in [0.4, 0.5) is 0 Å². The zero-order chi connectivity index (χ0) is 11.4. The topological polar surface area (TPSA) is 26.3 Å². The van der Waals surface area contributed by atoms with E-state index in [4.69, 9.17) is 4.74 Å². The summed E-state index contributed by atoms with van der Waals surface area (Å²) in [6.45, 7) is 6.25. The molecule has 82 valence electrons. The molecule has 0 fully saturated rings. The van der Waals surface area contributed by atoms with E-state index in [0.29, 0.717) is 17.9 Å². The summed E-state index contributed by atoms with van der Waals surface area (Å²) >= 11 is 3.36. The maximum atomic E-state index is 11.9. The smallest absolute Gasteiger partial charge is 0.169 e. The number of halogens is 1. The zero-order valence-corrected chi connectivity index (χ0v) is 10.8. The third kappa shape index (κ3) is 3.06. The Hall–Kier alpha value is -0.830. The molecule has 15 heavy (non-hydrogen) atoms. The van der Waals surface area contributed by atoms with Crippen molar-refractivity contribution in [3.8, 4) is 5.75 Å². The Morgan fingerprint density at radius 3 is 2.67 bits per heavy atom. The molecule has 0 unspecified atom stereocenters. The van der Waals surface area contributed by atoms with Crippen LogP contribution < -0.4 is 4.74 Å². The number of hydrogen-bond donors (Lipinski definition) is 0. The van der Waals surface area contributed by atoms with Crippen molar-refractivity contribution in [2.45, 2.75) is 20.8 Å². The standard InChI is InChI=1S/C12H15BrO2/c1-4-15-11-6-5-9(13)7-10(11)12(14)8(2)3/h5-8H,4H2,1-3H3. The monoisotopic (exact) mass is 270 g/mol. The van der Waals surface area contributed by atoms with Gasteiger partial charge in [0.25, 0.3) is 0 Å². The molecule has 0 spiro atoms. The molecular formula is C12H15BrO2. The highest BCUT2D eigenvalue weighted by Gasteiger charge is 2.15. The Morgan fingerprint density at radius 1 is 1.47 bits per heavy atom. The molecule has 0 aromatic heterocycles. The van der Waals surface area contributed by atoms with Crippen LogP contribution in [0, 0.1) is 5.92 Å². The van der Waals surface area contributed by atoms with Crippen molar-refractivity contribution in [3.63, 3.8) is 0 Å². The Bertz CT molecular complexity index is 359. The highest BCUT2D eigenvalue weighted by Crippen LogP contribution is 2.25. The molecule has 2 nitrogen and oxygen atoms in total. The van der Waals surface area contributed by atoms with Crippen molar-refractivity contribution < 1.29 is 9.53 Å². The SMILES string of the molecule is CCOc1ccc(Br)cc1C(=O)C(C)C. The van der Waals surface area contributed by atoms with Crippen molar-refractivity contribution in [3.05, 3.63) is 28.2 Å². The van der Waals surface area contributed by atoms with Crippen molar-refractivity contribution in [1.82, 2.24) is 0 Å². The molecule has 0 amide bonds. The average Bonchev–Trinajstić information content (AvgIpc) is 2.20. The molecular weight excluding hydrogens is 256 g/mol. The molecule has 0 aliphatic heterocycles. The normalized spacial score (nSPS) is 10.5. The molecule has 0 aliphatic rings. The van der Waals surface area contributed by atoms with Gasteiger partial charge in [-0.25, -0.2) is 0 Å². The Kier molecular flexibility index (Phi) is 4.33. The van der Waals surface area contributed by atoms with Crippen LogP contribution in [0.1, 0.15) is 31.1 Å². The summed E-state index contributed by atoms with van der Waals surface area (Å²) in [7, 11) is 0. The molecule has 0 saturated carbocycles. The van der Waals surface area contributed by atoms with Crippen LogP contribution in [0.15, 0.2) is 22.7 Å². The van der Waals surface area contributed by atoms with Crippen LogP contribution in [0.2, 0.25) is 0 Å². The van der Waals surface area contributed by atoms with Crippen LogP contribution in [0.25, 0.3) is 0 Å². The summed E-state index contributed by atoms with van der Waals surface area (Å²) in [6.07, 6.45) is 0. The molecule has 0 atom stereocenters. The number of Topliss-reactive ketones (excluding diaryl/α,β-unsaturated/α-hetero) is 1. The summed E-state index contributed by atoms with van der Waals surface area (Å²) < 4.78 is 6.32. The second-order valence-electron chi connectivity index (χ2n) is 3.59. The van der Waals surface area contributed by atoms with E-state index in [2.05, 4.69) is 15.9 Å². The van der Waals surface area contributed by atoms with Gasteiger partial charge >= 0.3 is 0 Å². The zero-order valence-electron chi connectivity index (χ0n) is 9.21. The fourth-order valence-electron chi connectivity index (χ4n) is 1.29. The second kappa shape index (κ2) is 5.31. The van der Waals surface area contributed by atoms with Gasteiger partial charge in [0.2, 0.25) is 0 Å². The van der Waals surface area contributed by atoms with E-state index >= 15 is 0 Å². The summed E-state index contributed by atoms with van der Waals surface area (Å²) in [4.78, 5) is 11.9. The predicted molar refractivity (Wildman–Crippen MR) is 64.5 cm³/mol. The van der Waals surface area contributed by atoms with Gasteiger partial charge in [-0.1, -0.05) is 29.8 Å². The number of benzene rings is 1. The van der Waals surface area contributed by atoms with Gasteiger partial charge in [-0.2, -0.15) is 0 Å². The molecule has 0 aliphatic carbocycles. The fraction of sp³-hybridized carbons (Fsp3) is 0.417. The van der Waals surface area contributed by atoms with Gasteiger partial charge in [0.05, 0.1) is 12.2 Å². The van der Waals surface area contributed by atoms with Crippen LogP contribution in [0.5, 0.6) is 5.75 Å². The van der Waals surface area contributed by atoms with E-state index in [-0.39, 0.29) is 11.7 Å². The number of ether oxygens (including phenoxy) is 1. The van der Waals surface area contributed by atoms with Crippen LogP contribution in [-0.4, -0.2) is 12.4 Å². The van der Waals surface area contributed by atoms with Crippen molar-refractivity contribution in [1.29, 1.82) is 0 Å². The summed E-state index contributed by atoms with van der Waals surface area (Å²) in [5, 5.41) is 0. The molecule has 1 rings (SSSR count). The lowest BCUT2D eigenvalue weighted by molar-refractivity contribution is 0.0935. The fourth-order valence-corrected chi connectivity index (χ4v) is 1.65. The Labute approximate surface area is 98.8 Å². The average molecular weight is 271 g/mol. The van der Waals surface area contributed by atoms with Gasteiger partial charge in [0, 0.05) is 10.4 Å². The predicted octanol–water partition coefficient (Wildman–Crippen LogP) is 3.69. The van der Waals surface area contributed by atoms with Gasteiger partial charge in [-0.3, -0.25) is 4.79 Å². The quantitative estimate of drug-likeness (QED) is 0.781. The third-order valence-corrected chi connectivity index (χ3v) is 2.52. The maximum Gasteiger partial charge on any atom is 0.169 e. The third-order valence-electron chi connectivity index (χ3n) is 2.03. The van der Waals surface area contributed by atoms with Gasteiger partial charge in [-0.05, 0) is 25.1 Å². The molecule has 0 saturated heterocycles. The van der Waals surface area contributed by atoms with Crippen LogP contribution in [-0.2, 0) is 0 Å². The summed E-state index contributed by atoms with van der Waals surface area (Å²) in [5.74, 6) is 0.762. The van der Waals surface area contributed by atoms with Gasteiger partial charge in [0.1, 0.15) is 5.75 Å². The molecule has 3 heteroatoms. The minimum absolute atomic E-state index is 0.0153. The van der Waals surface area contributed by atoms with E-state index in [1.807, 2.05) is 39.0 Å². The first-order valence-electron chi connectivity index (χ1n) is 5.02. The van der Waals surface area contributed by atoms with E-state index in [1.54, 1.807) is 0 Å². The van der Waals surface area contributed by atoms with Gasteiger partial charge in [-0.15, -0.1) is 0 Å². The molecule has 1 aromatic rings. The first-order valence-corrected chi connectivity index (χ1v) is 5.82. The highest BCUT2D eigenvalue weighted by atomic mass is 79.9. The Morgan fingerprint density at radius 2 is 2.13 bits per heavy atom. The first-order chi connectivity index (χ1) is 7.06. The lowest BCUT2D eigenvalue weighted by atomic mass is 10.0. The number of hydrogen-bond acceptors (Lipinski definition) is 2. The van der Waals surface area contributed by atoms with Crippen molar-refractivity contribution in [2.24, 2.45) is 5.92 Å². The second-order valence-corrected chi connectivity index (χ2v) is 4.51. The van der Waals surface area contributed by atoms with E-state index in [1.165, 1.54) is 0 Å². The largest absolute Gasteiger partial charge is 0.493 e. The molecule has 0 bridgehead atoms. The Balaban J connectivity index is 3.12. The van der Waals surface area contributed by atoms with Crippen LogP contribution in [0.3, 0.4) is 0 Å². The summed E-state index contributed by atoms with van der Waals surface area (Å²) in [6, 6.07) is 5.51. The highest BCUT2D eigenvalue weighted by molar-refractivity contribution is 9.10. The molecule has 0 N–H and O–H groups in total. The van der Waals surface area contributed by atoms with Crippen LogP contribution >= 0.6 is 15.9 Å². The van der Waals surface area contributed by atoms with E-state index < -0.39 is 0 Å². The minimum atomic E-state index is -0.0153. The van der Waals surface area contributed by atoms with E-state index in [9.17, 15) is 4.79 Å².